The molecule has 0 saturated carbocycles. The summed E-state index contributed by atoms with van der Waals surface area (Å²) in [5.74, 6) is -4.15. The van der Waals surface area contributed by atoms with Crippen LogP contribution in [0.4, 0.5) is 8.78 Å². The molecule has 0 unspecified atom stereocenters. The molecule has 0 saturated heterocycles. The van der Waals surface area contributed by atoms with Crippen LogP contribution in [0, 0.1) is 11.6 Å². The first-order chi connectivity index (χ1) is 7.41. The van der Waals surface area contributed by atoms with Crippen LogP contribution in [0.3, 0.4) is 0 Å². The van der Waals surface area contributed by atoms with Crippen molar-refractivity contribution in [3.05, 3.63) is 35.4 Å². The summed E-state index contributed by atoms with van der Waals surface area (Å²) in [5, 5.41) is 8.40. The van der Waals surface area contributed by atoms with Crippen LogP contribution < -0.4 is 0 Å². The lowest BCUT2D eigenvalue weighted by Crippen LogP contribution is -2.32. The van der Waals surface area contributed by atoms with Gasteiger partial charge in [-0.2, -0.15) is 0 Å². The highest BCUT2D eigenvalue weighted by molar-refractivity contribution is 6.31. The number of aliphatic carboxylic acids is 1. The highest BCUT2D eigenvalue weighted by Crippen LogP contribution is 2.11. The molecule has 0 spiro atoms. The Balaban J connectivity index is 2.84. The number of benzene rings is 1. The zero-order chi connectivity index (χ0) is 12.3. The molecule has 0 heterocycles. The minimum absolute atomic E-state index is 0.0721. The Hall–Kier alpha value is -1.98. The van der Waals surface area contributed by atoms with E-state index in [1.54, 1.807) is 0 Å². The number of amides is 1. The first kappa shape index (κ1) is 12.1. The molecule has 0 fully saturated rings. The number of carboxylic acid groups (broad SMARTS) is 1. The lowest BCUT2D eigenvalue weighted by molar-refractivity contribution is -0.155. The maximum Gasteiger partial charge on any atom is 0.394 e. The number of rotatable bonds is 2. The molecule has 1 aromatic carbocycles. The van der Waals surface area contributed by atoms with Gasteiger partial charge in [-0.15, -0.1) is 0 Å². The molecular weight excluding hydrogens is 220 g/mol. The molecule has 86 valence electrons. The summed E-state index contributed by atoms with van der Waals surface area (Å²) < 4.78 is 25.9. The molecule has 1 amide bonds. The van der Waals surface area contributed by atoms with E-state index < -0.39 is 23.5 Å². The molecule has 0 aliphatic rings. The van der Waals surface area contributed by atoms with E-state index in [1.165, 1.54) is 7.05 Å². The van der Waals surface area contributed by atoms with Crippen molar-refractivity contribution in [2.24, 2.45) is 0 Å². The van der Waals surface area contributed by atoms with E-state index in [1.807, 2.05) is 0 Å². The van der Waals surface area contributed by atoms with Crippen LogP contribution in [0.15, 0.2) is 18.2 Å². The SMILES string of the molecule is CN(Cc1cc(F)ccc1F)C(=O)C(=O)O. The van der Waals surface area contributed by atoms with Crippen molar-refractivity contribution in [2.45, 2.75) is 6.54 Å². The van der Waals surface area contributed by atoms with Crippen molar-refractivity contribution in [1.29, 1.82) is 0 Å². The summed E-state index contributed by atoms with van der Waals surface area (Å²) in [6.07, 6.45) is 0. The summed E-state index contributed by atoms with van der Waals surface area (Å²) in [7, 11) is 1.20. The van der Waals surface area contributed by atoms with Gasteiger partial charge in [-0.3, -0.25) is 4.79 Å². The van der Waals surface area contributed by atoms with Crippen molar-refractivity contribution < 1.29 is 23.5 Å². The fourth-order valence-corrected chi connectivity index (χ4v) is 1.16. The standard InChI is InChI=1S/C10H9F2NO3/c1-13(9(14)10(15)16)5-6-4-7(11)2-3-8(6)12/h2-4H,5H2,1H3,(H,15,16). The monoisotopic (exact) mass is 229 g/mol. The maximum atomic E-state index is 13.1. The van der Waals surface area contributed by atoms with Gasteiger partial charge < -0.3 is 10.0 Å². The summed E-state index contributed by atoms with van der Waals surface area (Å²) in [4.78, 5) is 22.1. The quantitative estimate of drug-likeness (QED) is 0.770. The first-order valence-electron chi connectivity index (χ1n) is 4.34. The topological polar surface area (TPSA) is 57.6 Å². The van der Waals surface area contributed by atoms with Crippen LogP contribution in [0.1, 0.15) is 5.56 Å². The molecule has 0 bridgehead atoms. The minimum atomic E-state index is -1.64. The lowest BCUT2D eigenvalue weighted by atomic mass is 10.2. The Morgan fingerprint density at radius 1 is 1.38 bits per heavy atom. The molecule has 1 rings (SSSR count). The van der Waals surface area contributed by atoms with E-state index in [0.29, 0.717) is 0 Å². The van der Waals surface area contributed by atoms with Crippen LogP contribution in [-0.4, -0.2) is 28.9 Å². The Morgan fingerprint density at radius 2 is 2.00 bits per heavy atom. The van der Waals surface area contributed by atoms with Crippen LogP contribution in [0.25, 0.3) is 0 Å². The third-order valence-electron chi connectivity index (χ3n) is 1.94. The Kier molecular flexibility index (Phi) is 3.55. The van der Waals surface area contributed by atoms with Crippen LogP contribution in [0.5, 0.6) is 0 Å². The van der Waals surface area contributed by atoms with Crippen molar-refractivity contribution in [2.75, 3.05) is 7.05 Å². The fraction of sp³-hybridized carbons (Fsp3) is 0.200. The number of carbonyl (C=O) groups excluding carboxylic acids is 1. The van der Waals surface area contributed by atoms with Crippen molar-refractivity contribution in [1.82, 2.24) is 4.90 Å². The summed E-state index contributed by atoms with van der Waals surface area (Å²) >= 11 is 0. The zero-order valence-electron chi connectivity index (χ0n) is 8.41. The molecule has 0 aliphatic heterocycles. The van der Waals surface area contributed by atoms with Crippen molar-refractivity contribution >= 4 is 11.9 Å². The smallest absolute Gasteiger partial charge is 0.394 e. The number of carboxylic acids is 1. The lowest BCUT2D eigenvalue weighted by Gasteiger charge is -2.14. The predicted molar refractivity (Wildman–Crippen MR) is 50.5 cm³/mol. The van der Waals surface area contributed by atoms with Gasteiger partial charge in [0.15, 0.2) is 0 Å². The molecule has 4 nitrogen and oxygen atoms in total. The largest absolute Gasteiger partial charge is 0.474 e. The normalized spacial score (nSPS) is 9.94. The minimum Gasteiger partial charge on any atom is -0.474 e. The second kappa shape index (κ2) is 4.69. The number of hydrogen-bond acceptors (Lipinski definition) is 2. The van der Waals surface area contributed by atoms with E-state index in [2.05, 4.69) is 0 Å². The number of hydrogen-bond donors (Lipinski definition) is 1. The molecule has 1 aromatic rings. The third kappa shape index (κ3) is 2.75. The molecule has 1 N–H and O–H groups in total. The van der Waals surface area contributed by atoms with Crippen LogP contribution in [0.2, 0.25) is 0 Å². The number of likely N-dealkylation sites (N-methyl/N-ethyl adjacent to an activating group) is 1. The molecule has 16 heavy (non-hydrogen) atoms. The average Bonchev–Trinajstić information content (AvgIpc) is 2.22. The predicted octanol–water partition coefficient (Wildman–Crippen LogP) is 1.01. The fourth-order valence-electron chi connectivity index (χ4n) is 1.16. The van der Waals surface area contributed by atoms with Gasteiger partial charge >= 0.3 is 11.9 Å². The van der Waals surface area contributed by atoms with Gasteiger partial charge in [0.05, 0.1) is 0 Å². The summed E-state index contributed by atoms with van der Waals surface area (Å²) in [5.41, 5.74) is -0.0721. The van der Waals surface area contributed by atoms with Crippen molar-refractivity contribution in [3.8, 4) is 0 Å². The molecule has 6 heteroatoms. The molecular formula is C10H9F2NO3. The second-order valence-corrected chi connectivity index (χ2v) is 3.20. The van der Waals surface area contributed by atoms with Crippen molar-refractivity contribution in [3.63, 3.8) is 0 Å². The number of carbonyl (C=O) groups is 2. The Labute approximate surface area is 90.1 Å². The Bertz CT molecular complexity index is 434. The van der Waals surface area contributed by atoms with E-state index in [9.17, 15) is 18.4 Å². The van der Waals surface area contributed by atoms with Crippen LogP contribution >= 0.6 is 0 Å². The van der Waals surface area contributed by atoms with E-state index in [4.69, 9.17) is 5.11 Å². The molecule has 0 aliphatic carbocycles. The van der Waals surface area contributed by atoms with Gasteiger partial charge in [-0.1, -0.05) is 0 Å². The van der Waals surface area contributed by atoms with Gasteiger partial charge in [0.25, 0.3) is 0 Å². The van der Waals surface area contributed by atoms with Gasteiger partial charge in [0.2, 0.25) is 0 Å². The Morgan fingerprint density at radius 3 is 2.56 bits per heavy atom. The molecule has 0 aromatic heterocycles. The first-order valence-corrected chi connectivity index (χ1v) is 4.34. The maximum absolute atomic E-state index is 13.1. The average molecular weight is 229 g/mol. The molecule has 0 atom stereocenters. The number of nitrogens with zero attached hydrogens (tertiary/aromatic N) is 1. The van der Waals surface area contributed by atoms with Gasteiger partial charge in [-0.05, 0) is 18.2 Å². The number of halogens is 2. The highest BCUT2D eigenvalue weighted by atomic mass is 19.1. The summed E-state index contributed by atoms with van der Waals surface area (Å²) in [6, 6.07) is 2.78. The van der Waals surface area contributed by atoms with Gasteiger partial charge in [-0.25, -0.2) is 13.6 Å². The highest BCUT2D eigenvalue weighted by Gasteiger charge is 2.18. The molecule has 0 radical (unpaired) electrons. The van der Waals surface area contributed by atoms with E-state index in [0.717, 1.165) is 23.1 Å². The zero-order valence-corrected chi connectivity index (χ0v) is 8.41. The van der Waals surface area contributed by atoms with E-state index >= 15 is 0 Å². The van der Waals surface area contributed by atoms with Gasteiger partial charge in [0, 0.05) is 19.2 Å². The van der Waals surface area contributed by atoms with Crippen LogP contribution in [-0.2, 0) is 16.1 Å². The van der Waals surface area contributed by atoms with E-state index in [-0.39, 0.29) is 12.1 Å². The summed E-state index contributed by atoms with van der Waals surface area (Å²) in [6.45, 7) is -0.297. The third-order valence-corrected chi connectivity index (χ3v) is 1.94. The second-order valence-electron chi connectivity index (χ2n) is 3.20. The van der Waals surface area contributed by atoms with Gasteiger partial charge in [0.1, 0.15) is 11.6 Å².